The molecule has 0 amide bonds. The van der Waals surface area contributed by atoms with Crippen molar-refractivity contribution in [3.8, 4) is 5.75 Å². The largest absolute Gasteiger partial charge is 0.493 e. The minimum absolute atomic E-state index is 0.504. The molecule has 3 rings (SSSR count). The second kappa shape index (κ2) is 5.66. The zero-order chi connectivity index (χ0) is 13.1. The molecule has 0 aliphatic heterocycles. The van der Waals surface area contributed by atoms with E-state index < -0.39 is 0 Å². The number of benzene rings is 2. The van der Waals surface area contributed by atoms with Crippen molar-refractivity contribution in [3.05, 3.63) is 64.7 Å². The number of ether oxygens (including phenoxy) is 1. The predicted molar refractivity (Wildman–Crippen MR) is 79.1 cm³/mol. The number of hydrogen-bond acceptors (Lipinski definition) is 1. The lowest BCUT2D eigenvalue weighted by Crippen LogP contribution is -2.16. The highest BCUT2D eigenvalue weighted by molar-refractivity contribution is 6.30. The van der Waals surface area contributed by atoms with E-state index in [0.29, 0.717) is 5.92 Å². The summed E-state index contributed by atoms with van der Waals surface area (Å²) in [7, 11) is 0. The second-order valence-corrected chi connectivity index (χ2v) is 5.49. The Morgan fingerprint density at radius 1 is 1.11 bits per heavy atom. The van der Waals surface area contributed by atoms with Gasteiger partial charge in [0.15, 0.2) is 0 Å². The first kappa shape index (κ1) is 12.6. The molecule has 0 heterocycles. The van der Waals surface area contributed by atoms with Crippen LogP contribution in [0.25, 0.3) is 0 Å². The normalized spacial score (nSPS) is 17.8. The first-order valence-corrected chi connectivity index (χ1v) is 7.17. The standard InChI is InChI=1S/C17H17ClO/c18-15-8-4-9-16(11-15)19-12-14-7-3-6-13-5-1-2-10-17(13)14/h1-2,4-5,8-11,14H,3,6-7,12H2. The Morgan fingerprint density at radius 3 is 2.89 bits per heavy atom. The average Bonchev–Trinajstić information content (AvgIpc) is 2.45. The van der Waals surface area contributed by atoms with E-state index in [2.05, 4.69) is 24.3 Å². The highest BCUT2D eigenvalue weighted by atomic mass is 35.5. The molecule has 98 valence electrons. The summed E-state index contributed by atoms with van der Waals surface area (Å²) in [6, 6.07) is 16.3. The second-order valence-electron chi connectivity index (χ2n) is 5.06. The van der Waals surface area contributed by atoms with Crippen LogP contribution in [0.1, 0.15) is 29.9 Å². The van der Waals surface area contributed by atoms with Gasteiger partial charge in [-0.15, -0.1) is 0 Å². The smallest absolute Gasteiger partial charge is 0.120 e. The van der Waals surface area contributed by atoms with Crippen LogP contribution in [0, 0.1) is 0 Å². The van der Waals surface area contributed by atoms with Crippen LogP contribution in [-0.4, -0.2) is 6.61 Å². The molecule has 1 aliphatic carbocycles. The average molecular weight is 273 g/mol. The van der Waals surface area contributed by atoms with Gasteiger partial charge in [0.1, 0.15) is 5.75 Å². The third-order valence-electron chi connectivity index (χ3n) is 3.74. The van der Waals surface area contributed by atoms with Crippen LogP contribution in [0.5, 0.6) is 5.75 Å². The van der Waals surface area contributed by atoms with Gasteiger partial charge in [0.05, 0.1) is 6.61 Å². The van der Waals surface area contributed by atoms with Crippen molar-refractivity contribution in [2.75, 3.05) is 6.61 Å². The molecule has 2 aromatic rings. The molecular formula is C17H17ClO. The summed E-state index contributed by atoms with van der Waals surface area (Å²) in [6.07, 6.45) is 3.65. The number of rotatable bonds is 3. The fourth-order valence-corrected chi connectivity index (χ4v) is 2.96. The zero-order valence-corrected chi connectivity index (χ0v) is 11.6. The zero-order valence-electron chi connectivity index (χ0n) is 10.8. The molecule has 0 N–H and O–H groups in total. The molecule has 0 bridgehead atoms. The molecule has 1 aliphatic rings. The fourth-order valence-electron chi connectivity index (χ4n) is 2.78. The van der Waals surface area contributed by atoms with Crippen LogP contribution >= 0.6 is 11.6 Å². The van der Waals surface area contributed by atoms with E-state index in [0.717, 1.165) is 17.4 Å². The lowest BCUT2D eigenvalue weighted by atomic mass is 9.83. The quantitative estimate of drug-likeness (QED) is 0.777. The van der Waals surface area contributed by atoms with Crippen molar-refractivity contribution < 1.29 is 4.74 Å². The van der Waals surface area contributed by atoms with Crippen LogP contribution < -0.4 is 4.74 Å². The predicted octanol–water partition coefficient (Wildman–Crippen LogP) is 4.84. The molecule has 0 saturated heterocycles. The van der Waals surface area contributed by atoms with Gasteiger partial charge in [-0.1, -0.05) is 41.9 Å². The molecule has 1 nitrogen and oxygen atoms in total. The van der Waals surface area contributed by atoms with Gasteiger partial charge in [-0.2, -0.15) is 0 Å². The van der Waals surface area contributed by atoms with Crippen LogP contribution in [0.3, 0.4) is 0 Å². The van der Waals surface area contributed by atoms with Gasteiger partial charge < -0.3 is 4.74 Å². The van der Waals surface area contributed by atoms with Crippen molar-refractivity contribution in [2.45, 2.75) is 25.2 Å². The topological polar surface area (TPSA) is 9.23 Å². The van der Waals surface area contributed by atoms with Crippen LogP contribution in [0.2, 0.25) is 5.02 Å². The van der Waals surface area contributed by atoms with E-state index in [-0.39, 0.29) is 0 Å². The minimum atomic E-state index is 0.504. The SMILES string of the molecule is Clc1cccc(OCC2CCCc3ccccc32)c1. The van der Waals surface area contributed by atoms with Gasteiger partial charge in [-0.25, -0.2) is 0 Å². The molecule has 0 fully saturated rings. The van der Waals surface area contributed by atoms with Gasteiger partial charge in [-0.3, -0.25) is 0 Å². The number of aryl methyl sites for hydroxylation is 1. The van der Waals surface area contributed by atoms with Crippen molar-refractivity contribution in [1.82, 2.24) is 0 Å². The summed E-state index contributed by atoms with van der Waals surface area (Å²) in [6.45, 7) is 0.733. The third kappa shape index (κ3) is 2.93. The van der Waals surface area contributed by atoms with Crippen molar-refractivity contribution in [2.24, 2.45) is 0 Å². The van der Waals surface area contributed by atoms with Crippen LogP contribution in [0.15, 0.2) is 48.5 Å². The Kier molecular flexibility index (Phi) is 3.74. The fraction of sp³-hybridized carbons (Fsp3) is 0.294. The molecule has 0 aromatic heterocycles. The molecule has 1 atom stereocenters. The third-order valence-corrected chi connectivity index (χ3v) is 3.98. The maximum Gasteiger partial charge on any atom is 0.120 e. The Labute approximate surface area is 119 Å². The Balaban J connectivity index is 1.71. The summed E-state index contributed by atoms with van der Waals surface area (Å²) < 4.78 is 5.90. The molecular weight excluding hydrogens is 256 g/mol. The van der Waals surface area contributed by atoms with Crippen molar-refractivity contribution in [3.63, 3.8) is 0 Å². The van der Waals surface area contributed by atoms with Gasteiger partial charge in [-0.05, 0) is 48.6 Å². The molecule has 0 radical (unpaired) electrons. The van der Waals surface area contributed by atoms with E-state index >= 15 is 0 Å². The molecule has 2 aromatic carbocycles. The van der Waals surface area contributed by atoms with Gasteiger partial charge in [0, 0.05) is 10.9 Å². The molecule has 2 heteroatoms. The summed E-state index contributed by atoms with van der Waals surface area (Å²) >= 11 is 5.97. The van der Waals surface area contributed by atoms with Crippen molar-refractivity contribution in [1.29, 1.82) is 0 Å². The Hall–Kier alpha value is -1.47. The summed E-state index contributed by atoms with van der Waals surface area (Å²) in [5.74, 6) is 1.36. The first-order valence-electron chi connectivity index (χ1n) is 6.79. The summed E-state index contributed by atoms with van der Waals surface area (Å²) in [5.41, 5.74) is 2.93. The number of hydrogen-bond donors (Lipinski definition) is 0. The van der Waals surface area contributed by atoms with E-state index in [4.69, 9.17) is 16.3 Å². The molecule has 1 unspecified atom stereocenters. The lowest BCUT2D eigenvalue weighted by molar-refractivity contribution is 0.274. The van der Waals surface area contributed by atoms with Crippen LogP contribution in [0.4, 0.5) is 0 Å². The van der Waals surface area contributed by atoms with Crippen molar-refractivity contribution >= 4 is 11.6 Å². The van der Waals surface area contributed by atoms with E-state index in [1.165, 1.54) is 30.4 Å². The van der Waals surface area contributed by atoms with E-state index in [1.54, 1.807) is 0 Å². The van der Waals surface area contributed by atoms with Crippen LogP contribution in [-0.2, 0) is 6.42 Å². The van der Waals surface area contributed by atoms with Gasteiger partial charge in [0.2, 0.25) is 0 Å². The molecule has 0 spiro atoms. The molecule has 19 heavy (non-hydrogen) atoms. The highest BCUT2D eigenvalue weighted by Gasteiger charge is 2.20. The maximum atomic E-state index is 5.97. The summed E-state index contributed by atoms with van der Waals surface area (Å²) in [5, 5.41) is 0.724. The summed E-state index contributed by atoms with van der Waals surface area (Å²) in [4.78, 5) is 0. The monoisotopic (exact) mass is 272 g/mol. The van der Waals surface area contributed by atoms with Gasteiger partial charge >= 0.3 is 0 Å². The van der Waals surface area contributed by atoms with E-state index in [9.17, 15) is 0 Å². The Morgan fingerprint density at radius 2 is 2.00 bits per heavy atom. The lowest BCUT2D eigenvalue weighted by Gasteiger charge is -2.25. The number of fused-ring (bicyclic) bond motifs is 1. The van der Waals surface area contributed by atoms with E-state index in [1.807, 2.05) is 24.3 Å². The van der Waals surface area contributed by atoms with Gasteiger partial charge in [0.25, 0.3) is 0 Å². The first-order chi connectivity index (χ1) is 9.33. The number of halogens is 1. The minimum Gasteiger partial charge on any atom is -0.493 e. The maximum absolute atomic E-state index is 5.97. The Bertz CT molecular complexity index is 565. The molecule has 0 saturated carbocycles. The highest BCUT2D eigenvalue weighted by Crippen LogP contribution is 2.32.